The molecule has 0 bridgehead atoms. The molecule has 1 aromatic rings. The van der Waals surface area contributed by atoms with Crippen molar-refractivity contribution >= 4 is 29.5 Å². The number of imide groups is 1. The molecule has 4 heterocycles. The first-order chi connectivity index (χ1) is 20.4. The summed E-state index contributed by atoms with van der Waals surface area (Å²) in [7, 11) is 0. The second kappa shape index (κ2) is 11.5. The molecule has 4 fully saturated rings. The lowest BCUT2D eigenvalue weighted by Crippen LogP contribution is -2.56. The van der Waals surface area contributed by atoms with Gasteiger partial charge in [-0.15, -0.1) is 0 Å². The third-order valence-corrected chi connectivity index (χ3v) is 10.2. The zero-order valence-corrected chi connectivity index (χ0v) is 26.2. The fourth-order valence-electron chi connectivity index (χ4n) is 7.68. The van der Waals surface area contributed by atoms with E-state index >= 15 is 0 Å². The molecule has 4 amide bonds. The number of carbonyl (C=O) groups is 4. The predicted octanol–water partition coefficient (Wildman–Crippen LogP) is 3.41. The van der Waals surface area contributed by atoms with Gasteiger partial charge < -0.3 is 9.64 Å². The van der Waals surface area contributed by atoms with E-state index in [1.54, 1.807) is 4.90 Å². The molecule has 1 unspecified atom stereocenters. The number of amides is 4. The van der Waals surface area contributed by atoms with E-state index in [9.17, 15) is 19.2 Å². The van der Waals surface area contributed by atoms with Gasteiger partial charge in [0.15, 0.2) is 0 Å². The SMILES string of the molecule is C[C@H]1CN(Cc2ccc3c(c2)C2(CCC2)C(=O)N3C2CCC(=O)NC2=O)CCN1CC1CCN(C(=O)OC(C)(C)C)CC1. The number of carbonyl (C=O) groups excluding carboxylic acids is 4. The molecule has 4 aliphatic heterocycles. The summed E-state index contributed by atoms with van der Waals surface area (Å²) in [6.07, 6.45) is 5.11. The quantitative estimate of drug-likeness (QED) is 0.522. The van der Waals surface area contributed by atoms with Gasteiger partial charge in [0.2, 0.25) is 17.7 Å². The number of hydrogen-bond donors (Lipinski definition) is 1. The second-order valence-corrected chi connectivity index (χ2v) is 14.4. The molecule has 10 heteroatoms. The molecular weight excluding hydrogens is 546 g/mol. The Morgan fingerprint density at radius 3 is 2.42 bits per heavy atom. The summed E-state index contributed by atoms with van der Waals surface area (Å²) < 4.78 is 5.56. The Hall–Kier alpha value is -2.98. The molecule has 1 saturated carbocycles. The third kappa shape index (κ3) is 5.92. The minimum atomic E-state index is -0.617. The molecular formula is C33H47N5O5. The average molecular weight is 594 g/mol. The van der Waals surface area contributed by atoms with E-state index < -0.39 is 17.1 Å². The molecule has 6 rings (SSSR count). The van der Waals surface area contributed by atoms with Crippen LogP contribution in [-0.4, -0.2) is 95.5 Å². The highest BCUT2D eigenvalue weighted by Crippen LogP contribution is 2.54. The number of piperidine rings is 2. The maximum Gasteiger partial charge on any atom is 0.410 e. The highest BCUT2D eigenvalue weighted by atomic mass is 16.6. The zero-order chi connectivity index (χ0) is 30.5. The van der Waals surface area contributed by atoms with Crippen LogP contribution in [0.5, 0.6) is 0 Å². The van der Waals surface area contributed by atoms with E-state index in [0.29, 0.717) is 18.4 Å². The summed E-state index contributed by atoms with van der Waals surface area (Å²) in [5.41, 5.74) is 2.14. The first-order valence-electron chi connectivity index (χ1n) is 16.2. The Balaban J connectivity index is 1.05. The summed E-state index contributed by atoms with van der Waals surface area (Å²) in [6, 6.07) is 6.18. The lowest BCUT2D eigenvalue weighted by Gasteiger charge is -2.43. The Kier molecular flexibility index (Phi) is 8.04. The van der Waals surface area contributed by atoms with Crippen LogP contribution in [0.2, 0.25) is 0 Å². The molecule has 2 atom stereocenters. The molecule has 10 nitrogen and oxygen atoms in total. The summed E-state index contributed by atoms with van der Waals surface area (Å²) >= 11 is 0. The topological polar surface area (TPSA) is 102 Å². The average Bonchev–Trinajstić information content (AvgIpc) is 3.17. The molecule has 3 saturated heterocycles. The molecule has 0 radical (unpaired) electrons. The summed E-state index contributed by atoms with van der Waals surface area (Å²) in [4.78, 5) is 59.3. The van der Waals surface area contributed by atoms with Crippen LogP contribution in [0.15, 0.2) is 18.2 Å². The molecule has 0 aromatic heterocycles. The summed E-state index contributed by atoms with van der Waals surface area (Å²) in [5, 5.41) is 2.43. The number of benzene rings is 1. The standard InChI is InChI=1S/C33H47N5O5/c1-22-19-35(16-17-37(22)21-23-10-14-36(15-11-23)31(42)43-32(2,3)4)20-24-6-7-26-25(18-24)33(12-5-13-33)30(41)38(26)27-8-9-28(39)34-29(27)40/h6-7,18,22-23,27H,5,8-17,19-21H2,1-4H3,(H,34,39,40)/t22-,27?/m0/s1. The smallest absolute Gasteiger partial charge is 0.410 e. The highest BCUT2D eigenvalue weighted by Gasteiger charge is 2.57. The third-order valence-electron chi connectivity index (χ3n) is 10.2. The molecule has 1 spiro atoms. The first-order valence-corrected chi connectivity index (χ1v) is 16.2. The van der Waals surface area contributed by atoms with Gasteiger partial charge in [-0.2, -0.15) is 0 Å². The van der Waals surface area contributed by atoms with Gasteiger partial charge in [-0.3, -0.25) is 34.4 Å². The maximum absolute atomic E-state index is 13.8. The van der Waals surface area contributed by atoms with Crippen LogP contribution in [0.3, 0.4) is 0 Å². The fraction of sp³-hybridized carbons (Fsp3) is 0.697. The Morgan fingerprint density at radius 1 is 1.05 bits per heavy atom. The van der Waals surface area contributed by atoms with E-state index in [0.717, 1.165) is 89.2 Å². The number of hydrogen-bond acceptors (Lipinski definition) is 7. The van der Waals surface area contributed by atoms with Crippen LogP contribution in [-0.2, 0) is 31.1 Å². The first kappa shape index (κ1) is 30.1. The second-order valence-electron chi connectivity index (χ2n) is 14.4. The van der Waals surface area contributed by atoms with Crippen LogP contribution >= 0.6 is 0 Å². The van der Waals surface area contributed by atoms with Gasteiger partial charge >= 0.3 is 6.09 Å². The van der Waals surface area contributed by atoms with Gasteiger partial charge in [0.05, 0.1) is 5.41 Å². The van der Waals surface area contributed by atoms with Crippen molar-refractivity contribution in [2.24, 2.45) is 5.92 Å². The maximum atomic E-state index is 13.8. The van der Waals surface area contributed by atoms with Crippen molar-refractivity contribution in [2.45, 2.75) is 102 Å². The lowest BCUT2D eigenvalue weighted by atomic mass is 9.65. The van der Waals surface area contributed by atoms with E-state index in [-0.39, 0.29) is 30.2 Å². The van der Waals surface area contributed by atoms with Crippen molar-refractivity contribution in [3.63, 3.8) is 0 Å². The zero-order valence-electron chi connectivity index (χ0n) is 26.2. The van der Waals surface area contributed by atoms with Crippen molar-refractivity contribution in [1.82, 2.24) is 20.0 Å². The van der Waals surface area contributed by atoms with Gasteiger partial charge in [0.1, 0.15) is 11.6 Å². The van der Waals surface area contributed by atoms with Crippen LogP contribution in [0.4, 0.5) is 10.5 Å². The summed E-state index contributed by atoms with van der Waals surface area (Å²) in [6.45, 7) is 14.5. The number of rotatable bonds is 5. The minimum Gasteiger partial charge on any atom is -0.444 e. The van der Waals surface area contributed by atoms with E-state index in [2.05, 4.69) is 34.2 Å². The molecule has 1 aromatic carbocycles. The number of likely N-dealkylation sites (tertiary alicyclic amines) is 1. The Bertz CT molecular complexity index is 1280. The van der Waals surface area contributed by atoms with Crippen molar-refractivity contribution in [3.8, 4) is 0 Å². The van der Waals surface area contributed by atoms with Gasteiger partial charge in [0, 0.05) is 64.0 Å². The highest BCUT2D eigenvalue weighted by molar-refractivity contribution is 6.14. The van der Waals surface area contributed by atoms with Gasteiger partial charge in [-0.25, -0.2) is 4.79 Å². The molecule has 1 aliphatic carbocycles. The number of anilines is 1. The van der Waals surface area contributed by atoms with Crippen LogP contribution < -0.4 is 10.2 Å². The Labute approximate surface area is 255 Å². The molecule has 1 N–H and O–H groups in total. The lowest BCUT2D eigenvalue weighted by molar-refractivity contribution is -0.136. The normalized spacial score (nSPS) is 26.8. The molecule has 5 aliphatic rings. The monoisotopic (exact) mass is 593 g/mol. The number of nitrogens with zero attached hydrogens (tertiary/aromatic N) is 4. The van der Waals surface area contributed by atoms with Crippen molar-refractivity contribution < 1.29 is 23.9 Å². The number of ether oxygens (including phenoxy) is 1. The van der Waals surface area contributed by atoms with Crippen molar-refractivity contribution in [3.05, 3.63) is 29.3 Å². The Morgan fingerprint density at radius 2 is 1.79 bits per heavy atom. The van der Waals surface area contributed by atoms with Crippen LogP contribution in [0, 0.1) is 5.92 Å². The van der Waals surface area contributed by atoms with Crippen LogP contribution in [0.25, 0.3) is 0 Å². The van der Waals surface area contributed by atoms with Crippen molar-refractivity contribution in [1.29, 1.82) is 0 Å². The number of piperazine rings is 1. The number of fused-ring (bicyclic) bond motifs is 2. The molecule has 234 valence electrons. The summed E-state index contributed by atoms with van der Waals surface area (Å²) in [5.74, 6) is -0.0105. The fourth-order valence-corrected chi connectivity index (χ4v) is 7.68. The van der Waals surface area contributed by atoms with Gasteiger partial charge in [-0.05, 0) is 82.9 Å². The predicted molar refractivity (Wildman–Crippen MR) is 162 cm³/mol. The van der Waals surface area contributed by atoms with Crippen LogP contribution in [0.1, 0.15) is 83.8 Å². The number of nitrogens with one attached hydrogen (secondary N) is 1. The largest absolute Gasteiger partial charge is 0.444 e. The van der Waals surface area contributed by atoms with E-state index in [1.807, 2.05) is 31.7 Å². The molecule has 43 heavy (non-hydrogen) atoms. The van der Waals surface area contributed by atoms with Gasteiger partial charge in [0.25, 0.3) is 0 Å². The van der Waals surface area contributed by atoms with Crippen molar-refractivity contribution in [2.75, 3.05) is 44.2 Å². The van der Waals surface area contributed by atoms with E-state index in [4.69, 9.17) is 4.74 Å². The van der Waals surface area contributed by atoms with Gasteiger partial charge in [-0.1, -0.05) is 18.6 Å². The minimum absolute atomic E-state index is 0.0274. The van der Waals surface area contributed by atoms with E-state index in [1.165, 1.54) is 5.56 Å².